The number of rotatable bonds is 6. The Hall–Kier alpha value is -3.46. The standard InChI is InChI=1S/C28H33N3O5S/c1-17-15-18(2)24(19(3)16-17)36-27-21(8-9-22(30-27)20-10-12-28(4,5)13-11-20)25(32)31-37(34,35)23-7-6-14-29-26(23)33/h6-9,14-16,20H,10-13H2,1-5H3,(H,29,33)(H,31,32). The van der Waals surface area contributed by atoms with Crippen molar-refractivity contribution in [2.45, 2.75) is 71.1 Å². The molecule has 1 aliphatic rings. The molecule has 1 fully saturated rings. The molecule has 0 radical (unpaired) electrons. The van der Waals surface area contributed by atoms with Crippen molar-refractivity contribution in [2.75, 3.05) is 0 Å². The van der Waals surface area contributed by atoms with Crippen LogP contribution >= 0.6 is 0 Å². The van der Waals surface area contributed by atoms with Crippen LogP contribution in [0.3, 0.4) is 0 Å². The number of carbonyl (C=O) groups is 1. The van der Waals surface area contributed by atoms with E-state index in [1.807, 2.05) is 37.6 Å². The zero-order valence-corrected chi connectivity index (χ0v) is 22.7. The Labute approximate surface area is 217 Å². The smallest absolute Gasteiger partial charge is 0.270 e. The lowest BCUT2D eigenvalue weighted by molar-refractivity contribution is 0.0978. The number of aryl methyl sites for hydroxylation is 3. The third-order valence-corrected chi connectivity index (χ3v) is 8.34. The van der Waals surface area contributed by atoms with Crippen LogP contribution in [0.5, 0.6) is 11.6 Å². The third kappa shape index (κ3) is 5.93. The number of nitrogens with zero attached hydrogens (tertiary/aromatic N) is 1. The lowest BCUT2D eigenvalue weighted by Gasteiger charge is -2.34. The van der Waals surface area contributed by atoms with Crippen molar-refractivity contribution < 1.29 is 17.9 Å². The van der Waals surface area contributed by atoms with Crippen molar-refractivity contribution in [1.29, 1.82) is 0 Å². The molecule has 3 aromatic rings. The number of carbonyl (C=O) groups excluding carboxylic acids is 1. The van der Waals surface area contributed by atoms with E-state index in [9.17, 15) is 18.0 Å². The Morgan fingerprint density at radius 1 is 1.08 bits per heavy atom. The molecule has 37 heavy (non-hydrogen) atoms. The van der Waals surface area contributed by atoms with Gasteiger partial charge in [-0.1, -0.05) is 31.5 Å². The highest BCUT2D eigenvalue weighted by Crippen LogP contribution is 2.42. The predicted octanol–water partition coefficient (Wildman–Crippen LogP) is 5.29. The predicted molar refractivity (Wildman–Crippen MR) is 142 cm³/mol. The maximum absolute atomic E-state index is 13.2. The van der Waals surface area contributed by atoms with Crippen LogP contribution in [0.1, 0.15) is 78.2 Å². The summed E-state index contributed by atoms with van der Waals surface area (Å²) in [4.78, 5) is 31.8. The molecular weight excluding hydrogens is 490 g/mol. The van der Waals surface area contributed by atoms with Gasteiger partial charge < -0.3 is 9.72 Å². The average molecular weight is 524 g/mol. The minimum atomic E-state index is -4.42. The van der Waals surface area contributed by atoms with E-state index in [0.29, 0.717) is 5.75 Å². The molecule has 2 aromatic heterocycles. The second-order valence-electron chi connectivity index (χ2n) is 10.7. The van der Waals surface area contributed by atoms with Gasteiger partial charge in [0, 0.05) is 17.8 Å². The summed E-state index contributed by atoms with van der Waals surface area (Å²) in [6, 6.07) is 9.77. The van der Waals surface area contributed by atoms with Crippen molar-refractivity contribution in [1.82, 2.24) is 14.7 Å². The van der Waals surface area contributed by atoms with Crippen molar-refractivity contribution >= 4 is 15.9 Å². The molecule has 1 aliphatic carbocycles. The van der Waals surface area contributed by atoms with Crippen LogP contribution in [0.25, 0.3) is 0 Å². The highest BCUT2D eigenvalue weighted by Gasteiger charge is 2.30. The molecular formula is C28H33N3O5S. The van der Waals surface area contributed by atoms with Gasteiger partial charge in [0.2, 0.25) is 5.88 Å². The molecule has 9 heteroatoms. The SMILES string of the molecule is Cc1cc(C)c(Oc2nc(C3CCC(C)(C)CC3)ccc2C(=O)NS(=O)(=O)c2ccc[nH]c2=O)c(C)c1. The van der Waals surface area contributed by atoms with Crippen LogP contribution in [0.15, 0.2) is 52.3 Å². The van der Waals surface area contributed by atoms with Gasteiger partial charge in [-0.25, -0.2) is 18.1 Å². The zero-order chi connectivity index (χ0) is 27.0. The number of benzene rings is 1. The molecule has 2 N–H and O–H groups in total. The van der Waals surface area contributed by atoms with Gasteiger partial charge in [-0.2, -0.15) is 0 Å². The first-order chi connectivity index (χ1) is 17.4. The normalized spacial score (nSPS) is 15.8. The third-order valence-electron chi connectivity index (χ3n) is 6.99. The number of amides is 1. The number of pyridine rings is 2. The number of hydrogen-bond donors (Lipinski definition) is 2. The Morgan fingerprint density at radius 2 is 1.73 bits per heavy atom. The maximum atomic E-state index is 13.2. The molecule has 0 atom stereocenters. The minimum absolute atomic E-state index is 0.0322. The molecule has 196 valence electrons. The summed E-state index contributed by atoms with van der Waals surface area (Å²) < 4.78 is 33.9. The van der Waals surface area contributed by atoms with E-state index in [1.54, 1.807) is 12.1 Å². The van der Waals surface area contributed by atoms with Gasteiger partial charge >= 0.3 is 0 Å². The fourth-order valence-corrected chi connectivity index (χ4v) is 5.93. The molecule has 1 amide bonds. The molecule has 8 nitrogen and oxygen atoms in total. The molecule has 4 rings (SSSR count). The van der Waals surface area contributed by atoms with Crippen LogP contribution in [0, 0.1) is 26.2 Å². The number of aromatic amines is 1. The van der Waals surface area contributed by atoms with Gasteiger partial charge in [0.15, 0.2) is 4.90 Å². The highest BCUT2D eigenvalue weighted by molar-refractivity contribution is 7.90. The van der Waals surface area contributed by atoms with Crippen LogP contribution in [-0.2, 0) is 10.0 Å². The van der Waals surface area contributed by atoms with Gasteiger partial charge in [0.1, 0.15) is 11.3 Å². The number of H-pyrrole nitrogens is 1. The second kappa shape index (κ2) is 10.1. The van der Waals surface area contributed by atoms with Gasteiger partial charge in [0.25, 0.3) is 21.5 Å². The Bertz CT molecular complexity index is 1480. The van der Waals surface area contributed by atoms with Gasteiger partial charge in [-0.15, -0.1) is 0 Å². The molecule has 0 unspecified atom stereocenters. The van der Waals surface area contributed by atoms with E-state index in [1.165, 1.54) is 12.3 Å². The largest absolute Gasteiger partial charge is 0.438 e. The van der Waals surface area contributed by atoms with Crippen molar-refractivity contribution in [3.05, 3.63) is 80.9 Å². The first-order valence-corrected chi connectivity index (χ1v) is 13.9. The Kier molecular flexibility index (Phi) is 7.28. The van der Waals surface area contributed by atoms with Crippen LogP contribution in [-0.4, -0.2) is 24.3 Å². The second-order valence-corrected chi connectivity index (χ2v) is 12.3. The fraction of sp³-hybridized carbons (Fsp3) is 0.393. The molecule has 0 aliphatic heterocycles. The van der Waals surface area contributed by atoms with Gasteiger partial charge in [-0.3, -0.25) is 9.59 Å². The van der Waals surface area contributed by atoms with Gasteiger partial charge in [-0.05, 0) is 87.3 Å². The first-order valence-electron chi connectivity index (χ1n) is 12.4. The van der Waals surface area contributed by atoms with E-state index in [0.717, 1.165) is 54.1 Å². The Balaban J connectivity index is 1.72. The monoisotopic (exact) mass is 523 g/mol. The summed E-state index contributed by atoms with van der Waals surface area (Å²) >= 11 is 0. The van der Waals surface area contributed by atoms with Crippen molar-refractivity contribution in [3.63, 3.8) is 0 Å². The van der Waals surface area contributed by atoms with E-state index in [4.69, 9.17) is 9.72 Å². The topological polar surface area (TPSA) is 118 Å². The summed E-state index contributed by atoms with van der Waals surface area (Å²) in [5.41, 5.74) is 3.07. The van der Waals surface area contributed by atoms with E-state index in [2.05, 4.69) is 18.8 Å². The summed E-state index contributed by atoms with van der Waals surface area (Å²) in [7, 11) is -4.42. The van der Waals surface area contributed by atoms with Crippen LogP contribution in [0.2, 0.25) is 0 Å². The van der Waals surface area contributed by atoms with E-state index in [-0.39, 0.29) is 22.8 Å². The van der Waals surface area contributed by atoms with Crippen molar-refractivity contribution in [3.8, 4) is 11.6 Å². The number of sulfonamides is 1. The van der Waals surface area contributed by atoms with E-state index < -0.39 is 26.4 Å². The number of aromatic nitrogens is 2. The summed E-state index contributed by atoms with van der Waals surface area (Å²) in [6.07, 6.45) is 5.39. The molecule has 0 saturated heterocycles. The zero-order valence-electron chi connectivity index (χ0n) is 21.8. The average Bonchev–Trinajstić information content (AvgIpc) is 2.81. The summed E-state index contributed by atoms with van der Waals surface area (Å²) in [5.74, 6) is -0.104. The van der Waals surface area contributed by atoms with E-state index >= 15 is 0 Å². The molecule has 0 spiro atoms. The molecule has 2 heterocycles. The lowest BCUT2D eigenvalue weighted by atomic mass is 9.72. The van der Waals surface area contributed by atoms with Crippen molar-refractivity contribution in [2.24, 2.45) is 5.41 Å². The lowest BCUT2D eigenvalue weighted by Crippen LogP contribution is -2.34. The minimum Gasteiger partial charge on any atom is -0.438 e. The Morgan fingerprint density at radius 3 is 2.35 bits per heavy atom. The summed E-state index contributed by atoms with van der Waals surface area (Å²) in [6.45, 7) is 10.3. The molecule has 1 aromatic carbocycles. The first kappa shape index (κ1) is 26.6. The summed E-state index contributed by atoms with van der Waals surface area (Å²) in [5, 5.41) is 0. The van der Waals surface area contributed by atoms with Crippen LogP contribution < -0.4 is 15.0 Å². The number of nitrogens with one attached hydrogen (secondary N) is 2. The molecule has 1 saturated carbocycles. The highest BCUT2D eigenvalue weighted by atomic mass is 32.2. The number of hydrogen-bond acceptors (Lipinski definition) is 6. The quantitative estimate of drug-likeness (QED) is 0.453. The molecule has 0 bridgehead atoms. The maximum Gasteiger partial charge on any atom is 0.270 e. The fourth-order valence-electron chi connectivity index (χ4n) is 4.90. The number of ether oxygens (including phenoxy) is 1. The van der Waals surface area contributed by atoms with Gasteiger partial charge in [0.05, 0.1) is 0 Å². The van der Waals surface area contributed by atoms with Crippen LogP contribution in [0.4, 0.5) is 0 Å².